The van der Waals surface area contributed by atoms with Crippen molar-refractivity contribution in [2.75, 3.05) is 0 Å². The zero-order valence-electron chi connectivity index (χ0n) is 14.5. The lowest BCUT2D eigenvalue weighted by atomic mass is 9.88. The molecule has 1 aliphatic rings. The van der Waals surface area contributed by atoms with Gasteiger partial charge in [0.1, 0.15) is 11.4 Å². The summed E-state index contributed by atoms with van der Waals surface area (Å²) in [5.74, 6) is -0.995. The molecule has 0 aliphatic carbocycles. The van der Waals surface area contributed by atoms with Crippen LogP contribution in [0.5, 0.6) is 0 Å². The number of halogens is 2. The number of carbonyl (C=O) groups excluding carboxylic acids is 2. The van der Waals surface area contributed by atoms with E-state index in [2.05, 4.69) is 5.32 Å². The number of carbonyl (C=O) groups is 2. The van der Waals surface area contributed by atoms with Gasteiger partial charge in [0.25, 0.3) is 5.91 Å². The Hall–Kier alpha value is -2.92. The summed E-state index contributed by atoms with van der Waals surface area (Å²) in [6, 6.07) is 16.9. The van der Waals surface area contributed by atoms with E-state index in [1.54, 1.807) is 6.92 Å². The highest BCUT2D eigenvalue weighted by molar-refractivity contribution is 6.31. The van der Waals surface area contributed by atoms with E-state index in [-0.39, 0.29) is 17.1 Å². The first kappa shape index (κ1) is 17.5. The molecule has 4 nitrogen and oxygen atoms in total. The molecule has 4 rings (SSSR count). The third-order valence-electron chi connectivity index (χ3n) is 4.98. The van der Waals surface area contributed by atoms with Crippen LogP contribution in [-0.2, 0) is 16.9 Å². The number of nitrogens with one attached hydrogen (secondary N) is 1. The van der Waals surface area contributed by atoms with Crippen molar-refractivity contribution in [1.82, 2.24) is 10.2 Å². The molecular formula is C21H16ClFN2O2. The molecular weight excluding hydrogens is 367 g/mol. The van der Waals surface area contributed by atoms with Crippen molar-refractivity contribution in [1.29, 1.82) is 0 Å². The predicted molar refractivity (Wildman–Crippen MR) is 102 cm³/mol. The molecule has 0 bridgehead atoms. The third kappa shape index (κ3) is 2.75. The minimum absolute atomic E-state index is 0.116. The first-order valence-corrected chi connectivity index (χ1v) is 8.85. The van der Waals surface area contributed by atoms with Crippen LogP contribution in [0.3, 0.4) is 0 Å². The van der Waals surface area contributed by atoms with Crippen LogP contribution in [0.4, 0.5) is 9.18 Å². The molecule has 1 saturated heterocycles. The first-order valence-electron chi connectivity index (χ1n) is 8.47. The van der Waals surface area contributed by atoms with Gasteiger partial charge in [-0.1, -0.05) is 60.1 Å². The number of amides is 3. The molecule has 0 aromatic heterocycles. The maximum absolute atomic E-state index is 14.1. The molecule has 6 heteroatoms. The molecule has 3 amide bonds. The minimum Gasteiger partial charge on any atom is -0.319 e. The Bertz CT molecular complexity index is 1060. The molecule has 1 atom stereocenters. The van der Waals surface area contributed by atoms with Crippen LogP contribution in [0, 0.1) is 5.82 Å². The van der Waals surface area contributed by atoms with Crippen LogP contribution in [0.1, 0.15) is 18.1 Å². The van der Waals surface area contributed by atoms with Gasteiger partial charge < -0.3 is 5.32 Å². The summed E-state index contributed by atoms with van der Waals surface area (Å²) < 4.78 is 14.1. The van der Waals surface area contributed by atoms with Gasteiger partial charge in [-0.25, -0.2) is 9.18 Å². The number of urea groups is 1. The maximum Gasteiger partial charge on any atom is 0.325 e. The number of hydrogen-bond acceptors (Lipinski definition) is 2. The average Bonchev–Trinajstić information content (AvgIpc) is 2.87. The van der Waals surface area contributed by atoms with Crippen molar-refractivity contribution in [3.63, 3.8) is 0 Å². The largest absolute Gasteiger partial charge is 0.325 e. The van der Waals surface area contributed by atoms with Gasteiger partial charge in [-0.15, -0.1) is 0 Å². The third-order valence-corrected chi connectivity index (χ3v) is 5.34. The second kappa shape index (κ2) is 6.35. The van der Waals surface area contributed by atoms with Gasteiger partial charge in [0, 0.05) is 10.6 Å². The number of hydrogen-bond donors (Lipinski definition) is 1. The van der Waals surface area contributed by atoms with E-state index in [1.165, 1.54) is 18.2 Å². The number of imide groups is 1. The highest BCUT2D eigenvalue weighted by atomic mass is 35.5. The zero-order chi connectivity index (χ0) is 19.2. The predicted octanol–water partition coefficient (Wildman–Crippen LogP) is 4.60. The molecule has 1 heterocycles. The Labute approximate surface area is 160 Å². The molecule has 136 valence electrons. The van der Waals surface area contributed by atoms with Crippen molar-refractivity contribution in [3.05, 3.63) is 82.6 Å². The summed E-state index contributed by atoms with van der Waals surface area (Å²) in [4.78, 5) is 26.8. The maximum atomic E-state index is 14.1. The van der Waals surface area contributed by atoms with Crippen molar-refractivity contribution in [2.24, 2.45) is 0 Å². The second-order valence-corrected chi connectivity index (χ2v) is 7.08. The lowest BCUT2D eigenvalue weighted by molar-refractivity contribution is -0.131. The lowest BCUT2D eigenvalue weighted by Gasteiger charge is -2.24. The Kier molecular flexibility index (Phi) is 4.12. The number of fused-ring (bicyclic) bond motifs is 1. The standard InChI is InChI=1S/C21H16ClFN2O2/c1-21(16-9-4-7-13-6-2-3-8-14(13)16)19(26)25(20(27)24-21)12-15-17(22)10-5-11-18(15)23/h2-11H,12H2,1H3,(H,24,27)/t21-/m0/s1. The Morgan fingerprint density at radius 2 is 1.74 bits per heavy atom. The average molecular weight is 383 g/mol. The molecule has 27 heavy (non-hydrogen) atoms. The summed E-state index contributed by atoms with van der Waals surface area (Å²) in [6.45, 7) is 1.44. The summed E-state index contributed by atoms with van der Waals surface area (Å²) in [6.07, 6.45) is 0. The van der Waals surface area contributed by atoms with Crippen LogP contribution >= 0.6 is 11.6 Å². The monoisotopic (exact) mass is 382 g/mol. The Morgan fingerprint density at radius 1 is 1.04 bits per heavy atom. The van der Waals surface area contributed by atoms with E-state index in [0.29, 0.717) is 5.56 Å². The highest BCUT2D eigenvalue weighted by Gasteiger charge is 2.49. The normalized spacial score (nSPS) is 19.6. The molecule has 3 aromatic carbocycles. The van der Waals surface area contributed by atoms with Gasteiger partial charge in [0.15, 0.2) is 0 Å². The molecule has 1 aliphatic heterocycles. The molecule has 0 radical (unpaired) electrons. The second-order valence-electron chi connectivity index (χ2n) is 6.67. The van der Waals surface area contributed by atoms with Gasteiger partial charge in [-0.05, 0) is 35.4 Å². The number of nitrogens with zero attached hydrogens (tertiary/aromatic N) is 1. The van der Waals surface area contributed by atoms with Crippen LogP contribution in [0.25, 0.3) is 10.8 Å². The van der Waals surface area contributed by atoms with Gasteiger partial charge in [0.05, 0.1) is 6.54 Å². The molecule has 1 N–H and O–H groups in total. The molecule has 3 aromatic rings. The topological polar surface area (TPSA) is 49.4 Å². The van der Waals surface area contributed by atoms with Gasteiger partial charge in [-0.3, -0.25) is 9.69 Å². The first-order chi connectivity index (χ1) is 12.9. The van der Waals surface area contributed by atoms with Crippen LogP contribution in [0.15, 0.2) is 60.7 Å². The summed E-state index contributed by atoms with van der Waals surface area (Å²) in [5, 5.41) is 4.79. The van der Waals surface area contributed by atoms with Gasteiger partial charge >= 0.3 is 6.03 Å². The van der Waals surface area contributed by atoms with Crippen LogP contribution in [0.2, 0.25) is 5.02 Å². The summed E-state index contributed by atoms with van der Waals surface area (Å²) in [7, 11) is 0. The van der Waals surface area contributed by atoms with Crippen molar-refractivity contribution in [3.8, 4) is 0 Å². The summed E-state index contributed by atoms with van der Waals surface area (Å²) in [5.41, 5.74) is -0.429. The molecule has 0 saturated carbocycles. The summed E-state index contributed by atoms with van der Waals surface area (Å²) >= 11 is 6.06. The van der Waals surface area contributed by atoms with Crippen molar-refractivity contribution in [2.45, 2.75) is 19.0 Å². The smallest absolute Gasteiger partial charge is 0.319 e. The quantitative estimate of drug-likeness (QED) is 0.673. The van der Waals surface area contributed by atoms with E-state index in [0.717, 1.165) is 15.7 Å². The minimum atomic E-state index is -1.24. The molecule has 0 unspecified atom stereocenters. The van der Waals surface area contributed by atoms with Crippen molar-refractivity contribution >= 4 is 34.3 Å². The molecule has 0 spiro atoms. The fourth-order valence-corrected chi connectivity index (χ4v) is 3.75. The Balaban J connectivity index is 1.76. The number of rotatable bonds is 3. The highest BCUT2D eigenvalue weighted by Crippen LogP contribution is 2.35. The van der Waals surface area contributed by atoms with E-state index in [4.69, 9.17) is 11.6 Å². The zero-order valence-corrected chi connectivity index (χ0v) is 15.3. The fourth-order valence-electron chi connectivity index (χ4n) is 3.53. The van der Waals surface area contributed by atoms with Crippen LogP contribution < -0.4 is 5.32 Å². The van der Waals surface area contributed by atoms with Gasteiger partial charge in [0.2, 0.25) is 0 Å². The van der Waals surface area contributed by atoms with E-state index < -0.39 is 23.3 Å². The van der Waals surface area contributed by atoms with Crippen LogP contribution in [-0.4, -0.2) is 16.8 Å². The van der Waals surface area contributed by atoms with E-state index >= 15 is 0 Å². The number of benzene rings is 3. The lowest BCUT2D eigenvalue weighted by Crippen LogP contribution is -2.41. The molecule has 1 fully saturated rings. The fraction of sp³-hybridized carbons (Fsp3) is 0.143. The SMILES string of the molecule is C[C@@]1(c2cccc3ccccc23)NC(=O)N(Cc2c(F)cccc2Cl)C1=O. The van der Waals surface area contributed by atoms with E-state index in [1.807, 2.05) is 42.5 Å². The van der Waals surface area contributed by atoms with E-state index in [9.17, 15) is 14.0 Å². The Morgan fingerprint density at radius 3 is 2.52 bits per heavy atom. The van der Waals surface area contributed by atoms with Crippen molar-refractivity contribution < 1.29 is 14.0 Å². The van der Waals surface area contributed by atoms with Gasteiger partial charge in [-0.2, -0.15) is 0 Å².